The van der Waals surface area contributed by atoms with E-state index in [1.54, 1.807) is 28.4 Å². The number of hydrogen-bond donors (Lipinski definition) is 0. The van der Waals surface area contributed by atoms with E-state index in [0.717, 1.165) is 41.5 Å². The number of non-ortho nitro benzene ring substituents is 1. The molecule has 0 bridgehead atoms. The first kappa shape index (κ1) is 21.3. The topological polar surface area (TPSA) is 84.0 Å². The van der Waals surface area contributed by atoms with E-state index < -0.39 is 4.92 Å². The third kappa shape index (κ3) is 4.24. The summed E-state index contributed by atoms with van der Waals surface area (Å²) in [5.41, 5.74) is 3.54. The highest BCUT2D eigenvalue weighted by molar-refractivity contribution is 7.17. The predicted molar refractivity (Wildman–Crippen MR) is 128 cm³/mol. The molecule has 33 heavy (non-hydrogen) atoms. The molecule has 0 saturated carbocycles. The fourth-order valence-corrected chi connectivity index (χ4v) is 5.08. The van der Waals surface area contributed by atoms with Crippen molar-refractivity contribution in [2.24, 2.45) is 0 Å². The third-order valence-corrected chi connectivity index (χ3v) is 6.82. The van der Waals surface area contributed by atoms with Crippen LogP contribution in [0.4, 0.5) is 5.69 Å². The highest BCUT2D eigenvalue weighted by Crippen LogP contribution is 2.29. The number of amides is 1. The second-order valence-electron chi connectivity index (χ2n) is 8.14. The van der Waals surface area contributed by atoms with E-state index in [-0.39, 0.29) is 11.6 Å². The normalized spacial score (nSPS) is 14.6. The smallest absolute Gasteiger partial charge is 0.270 e. The van der Waals surface area contributed by atoms with Gasteiger partial charge in [0.05, 0.1) is 16.3 Å². The van der Waals surface area contributed by atoms with Gasteiger partial charge in [0.2, 0.25) is 0 Å². The molecule has 0 radical (unpaired) electrons. The number of piperazine rings is 1. The Morgan fingerprint density at radius 3 is 2.58 bits per heavy atom. The summed E-state index contributed by atoms with van der Waals surface area (Å²) in [6.45, 7) is 5.43. The lowest BCUT2D eigenvalue weighted by atomic mass is 10.1. The van der Waals surface area contributed by atoms with Gasteiger partial charge >= 0.3 is 0 Å². The number of benzene rings is 2. The van der Waals surface area contributed by atoms with Gasteiger partial charge in [-0.3, -0.25) is 24.2 Å². The average molecular weight is 462 g/mol. The Morgan fingerprint density at radius 1 is 1.09 bits per heavy atom. The van der Waals surface area contributed by atoms with Crippen LogP contribution in [-0.4, -0.2) is 56.2 Å². The van der Waals surface area contributed by atoms with Crippen molar-refractivity contribution in [1.82, 2.24) is 19.2 Å². The second-order valence-corrected chi connectivity index (χ2v) is 9.36. The van der Waals surface area contributed by atoms with Gasteiger partial charge in [-0.2, -0.15) is 0 Å². The Balaban J connectivity index is 1.32. The molecule has 2 aromatic carbocycles. The summed E-state index contributed by atoms with van der Waals surface area (Å²) < 4.78 is 2.18. The maximum atomic E-state index is 12.9. The van der Waals surface area contributed by atoms with Gasteiger partial charge < -0.3 is 4.90 Å². The highest BCUT2D eigenvalue weighted by atomic mass is 32.1. The average Bonchev–Trinajstić information content (AvgIpc) is 3.36. The number of aromatic nitrogens is 2. The van der Waals surface area contributed by atoms with E-state index in [1.165, 1.54) is 17.0 Å². The molecule has 2 aromatic heterocycles. The number of carbonyl (C=O) groups excluding carboxylic acids is 1. The molecule has 1 saturated heterocycles. The minimum absolute atomic E-state index is 0.0660. The van der Waals surface area contributed by atoms with Crippen LogP contribution in [-0.2, 0) is 6.54 Å². The van der Waals surface area contributed by atoms with Crippen LogP contribution in [0.15, 0.2) is 60.8 Å². The van der Waals surface area contributed by atoms with E-state index >= 15 is 0 Å². The number of rotatable bonds is 5. The van der Waals surface area contributed by atoms with Gasteiger partial charge in [0.25, 0.3) is 11.6 Å². The Hall–Kier alpha value is -3.56. The number of fused-ring (bicyclic) bond motifs is 1. The van der Waals surface area contributed by atoms with E-state index in [2.05, 4.69) is 34.6 Å². The maximum Gasteiger partial charge on any atom is 0.270 e. The summed E-state index contributed by atoms with van der Waals surface area (Å²) in [4.78, 5) is 34.7. The number of nitro groups is 1. The summed E-state index contributed by atoms with van der Waals surface area (Å²) in [5.74, 6) is -0.163. The van der Waals surface area contributed by atoms with Gasteiger partial charge in [-0.25, -0.2) is 4.98 Å². The first-order chi connectivity index (χ1) is 16.0. The summed E-state index contributed by atoms with van der Waals surface area (Å²) in [5, 5.41) is 11.0. The van der Waals surface area contributed by atoms with Gasteiger partial charge in [-0.05, 0) is 13.0 Å². The van der Waals surface area contributed by atoms with Gasteiger partial charge in [-0.1, -0.05) is 36.4 Å². The standard InChI is InChI=1S/C24H23N5O3S/c1-17-15-28-21(22(25-24(28)33-17)18-6-3-2-4-7-18)16-26-10-12-27(13-11-26)23(30)19-8-5-9-20(14-19)29(31)32/h2-9,14-15H,10-13,16H2,1H3. The van der Waals surface area contributed by atoms with E-state index in [1.807, 2.05) is 18.2 Å². The first-order valence-electron chi connectivity index (χ1n) is 10.8. The van der Waals surface area contributed by atoms with Crippen molar-refractivity contribution < 1.29 is 9.72 Å². The van der Waals surface area contributed by atoms with Crippen molar-refractivity contribution in [1.29, 1.82) is 0 Å². The molecule has 5 rings (SSSR count). The zero-order valence-corrected chi connectivity index (χ0v) is 19.0. The molecular weight excluding hydrogens is 438 g/mol. The Bertz CT molecular complexity index is 1320. The highest BCUT2D eigenvalue weighted by Gasteiger charge is 2.25. The molecule has 4 aromatic rings. The molecule has 0 spiro atoms. The summed E-state index contributed by atoms with van der Waals surface area (Å²) in [6, 6.07) is 16.2. The minimum Gasteiger partial charge on any atom is -0.336 e. The molecular formula is C24H23N5O3S. The van der Waals surface area contributed by atoms with Crippen LogP contribution in [0, 0.1) is 17.0 Å². The van der Waals surface area contributed by atoms with Crippen LogP contribution < -0.4 is 0 Å². The zero-order valence-electron chi connectivity index (χ0n) is 18.2. The van der Waals surface area contributed by atoms with Crippen LogP contribution in [0.2, 0.25) is 0 Å². The summed E-state index contributed by atoms with van der Waals surface area (Å²) >= 11 is 1.68. The van der Waals surface area contributed by atoms with Crippen LogP contribution in [0.25, 0.3) is 16.2 Å². The lowest BCUT2D eigenvalue weighted by molar-refractivity contribution is -0.384. The third-order valence-electron chi connectivity index (χ3n) is 5.92. The number of nitro benzene ring substituents is 1. The Labute approximate surface area is 194 Å². The summed E-state index contributed by atoms with van der Waals surface area (Å²) in [7, 11) is 0. The lowest BCUT2D eigenvalue weighted by Crippen LogP contribution is -2.48. The second kappa shape index (κ2) is 8.76. The van der Waals surface area contributed by atoms with Crippen molar-refractivity contribution >= 4 is 27.9 Å². The predicted octanol–water partition coefficient (Wildman–Crippen LogP) is 4.24. The van der Waals surface area contributed by atoms with Crippen molar-refractivity contribution in [3.8, 4) is 11.3 Å². The summed E-state index contributed by atoms with van der Waals surface area (Å²) in [6.07, 6.45) is 2.14. The number of thiazole rings is 1. The van der Waals surface area contributed by atoms with Gasteiger partial charge in [0.15, 0.2) is 4.96 Å². The molecule has 0 unspecified atom stereocenters. The fraction of sp³-hybridized carbons (Fsp3) is 0.250. The Kier molecular flexibility index (Phi) is 5.65. The SMILES string of the molecule is Cc1cn2c(CN3CCN(C(=O)c4cccc([N+](=O)[O-])c4)CC3)c(-c3ccccc3)nc2s1. The largest absolute Gasteiger partial charge is 0.336 e. The van der Waals surface area contributed by atoms with Crippen molar-refractivity contribution in [3.63, 3.8) is 0 Å². The van der Waals surface area contributed by atoms with Gasteiger partial charge in [0, 0.05) is 67.1 Å². The van der Waals surface area contributed by atoms with Crippen LogP contribution in [0.1, 0.15) is 20.9 Å². The number of imidazole rings is 1. The number of carbonyl (C=O) groups is 1. The minimum atomic E-state index is -0.475. The molecule has 3 heterocycles. The molecule has 0 N–H and O–H groups in total. The Morgan fingerprint density at radius 2 is 1.85 bits per heavy atom. The van der Waals surface area contributed by atoms with Crippen LogP contribution >= 0.6 is 11.3 Å². The van der Waals surface area contributed by atoms with Crippen LogP contribution in [0.5, 0.6) is 0 Å². The first-order valence-corrected chi connectivity index (χ1v) is 11.6. The molecule has 0 atom stereocenters. The van der Waals surface area contributed by atoms with Crippen LogP contribution in [0.3, 0.4) is 0 Å². The van der Waals surface area contributed by atoms with Gasteiger partial charge in [-0.15, -0.1) is 11.3 Å². The lowest BCUT2D eigenvalue weighted by Gasteiger charge is -2.34. The molecule has 168 valence electrons. The fourth-order valence-electron chi connectivity index (χ4n) is 4.24. The molecule has 1 aliphatic heterocycles. The molecule has 0 aliphatic carbocycles. The van der Waals surface area contributed by atoms with E-state index in [4.69, 9.17) is 4.98 Å². The molecule has 8 nitrogen and oxygen atoms in total. The zero-order chi connectivity index (χ0) is 22.9. The number of hydrogen-bond acceptors (Lipinski definition) is 6. The molecule has 1 fully saturated rings. The van der Waals surface area contributed by atoms with E-state index in [9.17, 15) is 14.9 Å². The quantitative estimate of drug-likeness (QED) is 0.328. The van der Waals surface area contributed by atoms with E-state index in [0.29, 0.717) is 18.7 Å². The molecule has 1 aliphatic rings. The monoisotopic (exact) mass is 461 g/mol. The maximum absolute atomic E-state index is 12.9. The molecule has 9 heteroatoms. The number of aryl methyl sites for hydroxylation is 1. The van der Waals surface area contributed by atoms with Crippen molar-refractivity contribution in [2.75, 3.05) is 26.2 Å². The molecule has 1 amide bonds. The number of nitrogens with zero attached hydrogens (tertiary/aromatic N) is 5. The van der Waals surface area contributed by atoms with Crippen molar-refractivity contribution in [2.45, 2.75) is 13.5 Å². The van der Waals surface area contributed by atoms with Gasteiger partial charge in [0.1, 0.15) is 0 Å². The van der Waals surface area contributed by atoms with Crippen molar-refractivity contribution in [3.05, 3.63) is 87.0 Å².